The summed E-state index contributed by atoms with van der Waals surface area (Å²) in [4.78, 5) is 22.7. The maximum Gasteiger partial charge on any atom is 0.349 e. The van der Waals surface area contributed by atoms with Crippen molar-refractivity contribution in [3.05, 3.63) is 117 Å². The number of anilines is 1. The van der Waals surface area contributed by atoms with Gasteiger partial charge in [0.2, 0.25) is 5.88 Å². The van der Waals surface area contributed by atoms with Crippen molar-refractivity contribution in [3.63, 3.8) is 0 Å². The first-order chi connectivity index (χ1) is 17.0. The molecule has 0 aliphatic carbocycles. The molecule has 0 bridgehead atoms. The summed E-state index contributed by atoms with van der Waals surface area (Å²) in [5, 5.41) is 1.09. The van der Waals surface area contributed by atoms with Gasteiger partial charge < -0.3 is 15.5 Å². The molecule has 0 radical (unpaired) electrons. The van der Waals surface area contributed by atoms with E-state index in [2.05, 4.69) is 58.3 Å². The monoisotopic (exact) mass is 460 g/mol. The van der Waals surface area contributed by atoms with Crippen molar-refractivity contribution >= 4 is 22.5 Å². The quantitative estimate of drug-likeness (QED) is 0.323. The van der Waals surface area contributed by atoms with Crippen molar-refractivity contribution in [2.24, 2.45) is 0 Å². The highest BCUT2D eigenvalue weighted by atomic mass is 16.5. The van der Waals surface area contributed by atoms with E-state index in [1.807, 2.05) is 49.4 Å². The van der Waals surface area contributed by atoms with E-state index in [4.69, 9.17) is 10.5 Å². The van der Waals surface area contributed by atoms with Crippen LogP contribution in [0.25, 0.3) is 27.9 Å². The lowest BCUT2D eigenvalue weighted by atomic mass is 9.85. The molecule has 0 spiro atoms. The van der Waals surface area contributed by atoms with Gasteiger partial charge in [-0.05, 0) is 43.2 Å². The fourth-order valence-corrected chi connectivity index (χ4v) is 4.81. The molecule has 1 aliphatic heterocycles. The van der Waals surface area contributed by atoms with E-state index in [-0.39, 0.29) is 17.6 Å². The summed E-state index contributed by atoms with van der Waals surface area (Å²) >= 11 is 0. The number of rotatable bonds is 3. The van der Waals surface area contributed by atoms with Crippen LogP contribution in [0.3, 0.4) is 0 Å². The minimum Gasteiger partial charge on any atom is -0.438 e. The van der Waals surface area contributed by atoms with Crippen LogP contribution in [0.2, 0.25) is 0 Å². The van der Waals surface area contributed by atoms with E-state index in [0.29, 0.717) is 11.3 Å². The molecule has 1 unspecified atom stereocenters. The van der Waals surface area contributed by atoms with Crippen LogP contribution in [0.15, 0.2) is 83.7 Å². The number of aryl methyl sites for hydroxylation is 2. The molecule has 2 aromatic heterocycles. The summed E-state index contributed by atoms with van der Waals surface area (Å²) in [6, 6.07) is 24.7. The Hall–Kier alpha value is -4.58. The molecule has 1 aliphatic rings. The lowest BCUT2D eigenvalue weighted by Gasteiger charge is -2.26. The standard InChI is InChI=1S/C29H24N4O2/c1-16-8-11-18(12-9-16)23-15-21(25-27(30)32-29(34)33-28(25)35-23)24-20-14-17(2)10-13-22(20)31-26(24)19-6-4-3-5-7-19/h3-15,21,31H,1-2H3,(H3,30,32,33,34). The number of ether oxygens (including phenoxy) is 1. The minimum atomic E-state index is -0.539. The van der Waals surface area contributed by atoms with Crippen LogP contribution in [0, 0.1) is 13.8 Å². The molecule has 172 valence electrons. The molecule has 35 heavy (non-hydrogen) atoms. The highest BCUT2D eigenvalue weighted by Crippen LogP contribution is 2.47. The molecule has 3 heterocycles. The fraction of sp³-hybridized carbons (Fsp3) is 0.103. The second-order valence-corrected chi connectivity index (χ2v) is 8.98. The molecular formula is C29H24N4O2. The molecular weight excluding hydrogens is 436 g/mol. The van der Waals surface area contributed by atoms with Crippen molar-refractivity contribution in [1.82, 2.24) is 15.0 Å². The zero-order valence-corrected chi connectivity index (χ0v) is 19.4. The summed E-state index contributed by atoms with van der Waals surface area (Å²) in [7, 11) is 0. The van der Waals surface area contributed by atoms with Crippen molar-refractivity contribution in [2.75, 3.05) is 5.73 Å². The Labute approximate surface area is 202 Å². The predicted molar refractivity (Wildman–Crippen MR) is 139 cm³/mol. The van der Waals surface area contributed by atoms with Crippen LogP contribution in [-0.2, 0) is 0 Å². The summed E-state index contributed by atoms with van der Waals surface area (Å²) in [6.07, 6.45) is 2.07. The number of hydrogen-bond acceptors (Lipinski definition) is 4. The molecule has 6 nitrogen and oxygen atoms in total. The van der Waals surface area contributed by atoms with Gasteiger partial charge in [-0.1, -0.05) is 71.8 Å². The highest BCUT2D eigenvalue weighted by Gasteiger charge is 2.32. The first kappa shape index (κ1) is 21.0. The van der Waals surface area contributed by atoms with Gasteiger partial charge >= 0.3 is 5.69 Å². The summed E-state index contributed by atoms with van der Waals surface area (Å²) in [5.41, 5.74) is 13.9. The third-order valence-corrected chi connectivity index (χ3v) is 6.50. The van der Waals surface area contributed by atoms with Crippen LogP contribution < -0.4 is 16.2 Å². The lowest BCUT2D eigenvalue weighted by Crippen LogP contribution is -2.21. The zero-order chi connectivity index (χ0) is 24.1. The third-order valence-electron chi connectivity index (χ3n) is 6.50. The van der Waals surface area contributed by atoms with Crippen molar-refractivity contribution < 1.29 is 4.74 Å². The molecule has 0 saturated heterocycles. The topological polar surface area (TPSA) is 96.8 Å². The number of H-pyrrole nitrogens is 2. The first-order valence-corrected chi connectivity index (χ1v) is 11.5. The van der Waals surface area contributed by atoms with Gasteiger partial charge in [-0.3, -0.25) is 4.98 Å². The van der Waals surface area contributed by atoms with Crippen LogP contribution in [0.1, 0.15) is 33.7 Å². The number of fused-ring (bicyclic) bond motifs is 2. The molecule has 4 N–H and O–H groups in total. The smallest absolute Gasteiger partial charge is 0.349 e. The van der Waals surface area contributed by atoms with Crippen molar-refractivity contribution in [1.29, 1.82) is 0 Å². The van der Waals surface area contributed by atoms with Crippen molar-refractivity contribution in [2.45, 2.75) is 19.8 Å². The SMILES string of the molecule is Cc1ccc(C2=CC(c3c(-c4ccccc4)[nH]c4ccc(C)cc34)c3c(nc(=O)[nH]c3N)O2)cc1. The van der Waals surface area contributed by atoms with Crippen LogP contribution in [0.5, 0.6) is 5.88 Å². The number of nitrogen functional groups attached to an aromatic ring is 1. The Morgan fingerprint density at radius 3 is 2.37 bits per heavy atom. The van der Waals surface area contributed by atoms with Gasteiger partial charge in [0, 0.05) is 22.4 Å². The zero-order valence-electron chi connectivity index (χ0n) is 19.4. The number of aromatic amines is 2. The van der Waals surface area contributed by atoms with Gasteiger partial charge in [0.15, 0.2) is 0 Å². The molecule has 6 heteroatoms. The Balaban J connectivity index is 1.68. The van der Waals surface area contributed by atoms with E-state index < -0.39 is 5.69 Å². The molecule has 5 aromatic rings. The van der Waals surface area contributed by atoms with Gasteiger partial charge in [-0.25, -0.2) is 4.79 Å². The molecule has 1 atom stereocenters. The van der Waals surface area contributed by atoms with Gasteiger partial charge in [0.05, 0.1) is 11.3 Å². The average molecular weight is 461 g/mol. The maximum atomic E-state index is 12.2. The highest BCUT2D eigenvalue weighted by molar-refractivity contribution is 5.93. The molecule has 3 aromatic carbocycles. The largest absolute Gasteiger partial charge is 0.438 e. The second kappa shape index (κ2) is 8.02. The number of benzene rings is 3. The number of allylic oxidation sites excluding steroid dienone is 1. The number of nitrogens with one attached hydrogen (secondary N) is 2. The third kappa shape index (κ3) is 3.60. The normalized spacial score (nSPS) is 14.9. The van der Waals surface area contributed by atoms with Gasteiger partial charge in [0.25, 0.3) is 0 Å². The number of hydrogen-bond donors (Lipinski definition) is 3. The van der Waals surface area contributed by atoms with Gasteiger partial charge in [-0.2, -0.15) is 4.98 Å². The van der Waals surface area contributed by atoms with Crippen LogP contribution in [-0.4, -0.2) is 15.0 Å². The average Bonchev–Trinajstić information content (AvgIpc) is 3.22. The van der Waals surface area contributed by atoms with Crippen LogP contribution in [0.4, 0.5) is 5.82 Å². The molecule has 0 fully saturated rings. The first-order valence-electron chi connectivity index (χ1n) is 11.5. The summed E-state index contributed by atoms with van der Waals surface area (Å²) in [5.74, 6) is 0.826. The lowest BCUT2D eigenvalue weighted by molar-refractivity contribution is 0.468. The van der Waals surface area contributed by atoms with E-state index >= 15 is 0 Å². The molecule has 0 amide bonds. The van der Waals surface area contributed by atoms with Crippen molar-refractivity contribution in [3.8, 4) is 17.1 Å². The second-order valence-electron chi connectivity index (χ2n) is 8.98. The Bertz CT molecular complexity index is 1660. The Kier molecular flexibility index (Phi) is 4.81. The van der Waals surface area contributed by atoms with E-state index in [0.717, 1.165) is 44.4 Å². The fourth-order valence-electron chi connectivity index (χ4n) is 4.81. The number of aromatic nitrogens is 3. The predicted octanol–water partition coefficient (Wildman–Crippen LogP) is 5.68. The van der Waals surface area contributed by atoms with Crippen LogP contribution >= 0.6 is 0 Å². The molecule has 6 rings (SSSR count). The number of nitrogens with two attached hydrogens (primary N) is 1. The minimum absolute atomic E-state index is 0.232. The van der Waals surface area contributed by atoms with Gasteiger partial charge in [0.1, 0.15) is 11.6 Å². The maximum absolute atomic E-state index is 12.2. The molecule has 0 saturated carbocycles. The Morgan fingerprint density at radius 1 is 0.857 bits per heavy atom. The van der Waals surface area contributed by atoms with Gasteiger partial charge in [-0.15, -0.1) is 0 Å². The summed E-state index contributed by atoms with van der Waals surface area (Å²) in [6.45, 7) is 4.12. The Morgan fingerprint density at radius 2 is 1.60 bits per heavy atom. The summed E-state index contributed by atoms with van der Waals surface area (Å²) < 4.78 is 6.17. The van der Waals surface area contributed by atoms with E-state index in [1.165, 1.54) is 0 Å². The van der Waals surface area contributed by atoms with E-state index in [9.17, 15) is 4.79 Å². The van der Waals surface area contributed by atoms with E-state index in [1.54, 1.807) is 0 Å². The number of nitrogens with zero attached hydrogens (tertiary/aromatic N) is 1.